The van der Waals surface area contributed by atoms with Crippen molar-refractivity contribution < 1.29 is 9.53 Å². The summed E-state index contributed by atoms with van der Waals surface area (Å²) in [6.07, 6.45) is 7.80. The zero-order valence-electron chi connectivity index (χ0n) is 16.0. The molecule has 1 aromatic carbocycles. The van der Waals surface area contributed by atoms with Crippen LogP contribution in [0.15, 0.2) is 29.3 Å². The Balaban J connectivity index is 0.00000261. The molecule has 1 heterocycles. The van der Waals surface area contributed by atoms with E-state index in [0.717, 1.165) is 30.1 Å². The highest BCUT2D eigenvalue weighted by molar-refractivity contribution is 14.0. The van der Waals surface area contributed by atoms with Crippen molar-refractivity contribution in [2.45, 2.75) is 63.6 Å². The lowest BCUT2D eigenvalue weighted by atomic mass is 9.96. The molecular formula is C20H31IN4O2. The van der Waals surface area contributed by atoms with Gasteiger partial charge in [0.2, 0.25) is 0 Å². The predicted molar refractivity (Wildman–Crippen MR) is 120 cm³/mol. The Kier molecular flexibility index (Phi) is 9.33. The van der Waals surface area contributed by atoms with Crippen LogP contribution in [0.3, 0.4) is 0 Å². The number of carbonyl (C=O) groups excluding carboxylic acids is 1. The summed E-state index contributed by atoms with van der Waals surface area (Å²) in [6.45, 7) is 1.34. The number of benzene rings is 1. The maximum atomic E-state index is 12.2. The first-order valence-electron chi connectivity index (χ1n) is 9.73. The van der Waals surface area contributed by atoms with E-state index in [1.165, 1.54) is 32.1 Å². The van der Waals surface area contributed by atoms with E-state index in [1.54, 1.807) is 7.05 Å². The van der Waals surface area contributed by atoms with Gasteiger partial charge in [0.15, 0.2) is 5.96 Å². The average molecular weight is 486 g/mol. The topological polar surface area (TPSA) is 74.8 Å². The van der Waals surface area contributed by atoms with E-state index in [2.05, 4.69) is 20.9 Å². The normalized spacial score (nSPS) is 20.6. The van der Waals surface area contributed by atoms with Crippen LogP contribution in [-0.2, 0) is 16.1 Å². The van der Waals surface area contributed by atoms with Gasteiger partial charge in [-0.2, -0.15) is 0 Å². The maximum Gasteiger partial charge on any atom is 0.253 e. The molecule has 0 aromatic heterocycles. The van der Waals surface area contributed by atoms with Crippen LogP contribution < -0.4 is 16.0 Å². The van der Waals surface area contributed by atoms with E-state index >= 15 is 0 Å². The Morgan fingerprint density at radius 1 is 1.19 bits per heavy atom. The molecule has 3 N–H and O–H groups in total. The molecule has 1 aliphatic carbocycles. The van der Waals surface area contributed by atoms with Crippen molar-refractivity contribution >= 4 is 41.5 Å². The molecule has 1 unspecified atom stereocenters. The summed E-state index contributed by atoms with van der Waals surface area (Å²) in [6, 6.07) is 8.42. The zero-order chi connectivity index (χ0) is 18.2. The molecule has 2 aliphatic rings. The van der Waals surface area contributed by atoms with Crippen molar-refractivity contribution in [3.05, 3.63) is 29.8 Å². The van der Waals surface area contributed by atoms with Crippen LogP contribution in [0.2, 0.25) is 0 Å². The van der Waals surface area contributed by atoms with E-state index in [0.29, 0.717) is 19.2 Å². The maximum absolute atomic E-state index is 12.2. The molecule has 7 heteroatoms. The first-order valence-corrected chi connectivity index (χ1v) is 9.73. The van der Waals surface area contributed by atoms with E-state index in [-0.39, 0.29) is 36.0 Å². The molecule has 27 heavy (non-hydrogen) atoms. The molecule has 150 valence electrons. The summed E-state index contributed by atoms with van der Waals surface area (Å²) in [5.41, 5.74) is 1.90. The van der Waals surface area contributed by atoms with Crippen LogP contribution in [0, 0.1) is 0 Å². The highest BCUT2D eigenvalue weighted by atomic mass is 127. The van der Waals surface area contributed by atoms with Gasteiger partial charge in [-0.3, -0.25) is 9.79 Å². The van der Waals surface area contributed by atoms with Crippen molar-refractivity contribution in [2.24, 2.45) is 4.99 Å². The fraction of sp³-hybridized carbons (Fsp3) is 0.600. The van der Waals surface area contributed by atoms with Gasteiger partial charge in [-0.25, -0.2) is 0 Å². The van der Waals surface area contributed by atoms with E-state index in [4.69, 9.17) is 4.74 Å². The molecule has 1 amide bonds. The van der Waals surface area contributed by atoms with Crippen molar-refractivity contribution in [1.29, 1.82) is 0 Å². The molecular weight excluding hydrogens is 455 g/mol. The summed E-state index contributed by atoms with van der Waals surface area (Å²) in [7, 11) is 1.80. The second kappa shape index (κ2) is 11.5. The minimum absolute atomic E-state index is 0. The summed E-state index contributed by atoms with van der Waals surface area (Å²) < 4.78 is 5.43. The van der Waals surface area contributed by atoms with Gasteiger partial charge in [-0.1, -0.05) is 31.4 Å². The standard InChI is InChI=1S/C20H30N4O2.HI/c1-21-20(24-16-8-3-2-4-9-16)22-14-15-7-5-10-17(13-15)23-19(25)18-11-6-12-26-18;/h5,7,10,13,16,18H,2-4,6,8-9,11-12,14H2,1H3,(H,23,25)(H2,21,22,24);1H. The Hall–Kier alpha value is -1.35. The fourth-order valence-electron chi connectivity index (χ4n) is 3.59. The third kappa shape index (κ3) is 6.95. The minimum Gasteiger partial charge on any atom is -0.368 e. The Bertz CT molecular complexity index is 626. The predicted octanol–water partition coefficient (Wildman–Crippen LogP) is 3.42. The number of hydrogen-bond acceptors (Lipinski definition) is 3. The molecule has 1 saturated heterocycles. The number of nitrogens with one attached hydrogen (secondary N) is 3. The molecule has 1 atom stereocenters. The highest BCUT2D eigenvalue weighted by Gasteiger charge is 2.23. The Morgan fingerprint density at radius 3 is 2.70 bits per heavy atom. The zero-order valence-corrected chi connectivity index (χ0v) is 18.3. The Labute approximate surface area is 178 Å². The molecule has 0 spiro atoms. The smallest absolute Gasteiger partial charge is 0.253 e. The number of hydrogen-bond donors (Lipinski definition) is 3. The molecule has 1 aliphatic heterocycles. The third-order valence-electron chi connectivity index (χ3n) is 5.05. The molecule has 0 radical (unpaired) electrons. The van der Waals surface area contributed by atoms with Crippen molar-refractivity contribution in [1.82, 2.24) is 10.6 Å². The number of ether oxygens (including phenoxy) is 1. The number of halogens is 1. The van der Waals surface area contributed by atoms with Crippen molar-refractivity contribution in [3.8, 4) is 0 Å². The van der Waals surface area contributed by atoms with Gasteiger partial charge in [0.25, 0.3) is 5.91 Å². The number of aliphatic imine (C=N–C) groups is 1. The summed E-state index contributed by atoms with van der Waals surface area (Å²) >= 11 is 0. The number of anilines is 1. The van der Waals surface area contributed by atoms with Gasteiger partial charge >= 0.3 is 0 Å². The second-order valence-electron chi connectivity index (χ2n) is 7.10. The fourth-order valence-corrected chi connectivity index (χ4v) is 3.59. The lowest BCUT2D eigenvalue weighted by molar-refractivity contribution is -0.124. The number of carbonyl (C=O) groups is 1. The largest absolute Gasteiger partial charge is 0.368 e. The van der Waals surface area contributed by atoms with Gasteiger partial charge in [0, 0.05) is 31.9 Å². The first kappa shape index (κ1) is 21.9. The Morgan fingerprint density at radius 2 is 2.00 bits per heavy atom. The molecule has 0 bridgehead atoms. The van der Waals surface area contributed by atoms with Crippen molar-refractivity contribution in [2.75, 3.05) is 19.0 Å². The van der Waals surface area contributed by atoms with Gasteiger partial charge in [-0.05, 0) is 43.4 Å². The number of nitrogens with zero attached hydrogens (tertiary/aromatic N) is 1. The number of amides is 1. The SMILES string of the molecule is CN=C(NCc1cccc(NC(=O)C2CCCO2)c1)NC1CCCCC1.I. The average Bonchev–Trinajstić information content (AvgIpc) is 3.21. The molecule has 3 rings (SSSR count). The molecule has 2 fully saturated rings. The number of guanidine groups is 1. The lowest BCUT2D eigenvalue weighted by Gasteiger charge is -2.25. The van der Waals surface area contributed by atoms with Crippen LogP contribution in [-0.4, -0.2) is 37.7 Å². The van der Waals surface area contributed by atoms with Gasteiger partial charge in [0.1, 0.15) is 6.10 Å². The van der Waals surface area contributed by atoms with Crippen LogP contribution in [0.25, 0.3) is 0 Å². The first-order chi connectivity index (χ1) is 12.7. The highest BCUT2D eigenvalue weighted by Crippen LogP contribution is 2.18. The molecule has 6 nitrogen and oxygen atoms in total. The molecule has 1 aromatic rings. The molecule has 1 saturated carbocycles. The van der Waals surface area contributed by atoms with Crippen LogP contribution in [0.4, 0.5) is 5.69 Å². The summed E-state index contributed by atoms with van der Waals surface area (Å²) in [5, 5.41) is 9.84. The summed E-state index contributed by atoms with van der Waals surface area (Å²) in [5.74, 6) is 0.785. The van der Waals surface area contributed by atoms with Crippen LogP contribution >= 0.6 is 24.0 Å². The quantitative estimate of drug-likeness (QED) is 0.339. The third-order valence-corrected chi connectivity index (χ3v) is 5.05. The van der Waals surface area contributed by atoms with E-state index < -0.39 is 0 Å². The monoisotopic (exact) mass is 486 g/mol. The minimum atomic E-state index is -0.310. The van der Waals surface area contributed by atoms with Gasteiger partial charge in [0.05, 0.1) is 0 Å². The number of rotatable bonds is 5. The van der Waals surface area contributed by atoms with Crippen molar-refractivity contribution in [3.63, 3.8) is 0 Å². The lowest BCUT2D eigenvalue weighted by Crippen LogP contribution is -2.43. The summed E-state index contributed by atoms with van der Waals surface area (Å²) in [4.78, 5) is 16.5. The van der Waals surface area contributed by atoms with Crippen LogP contribution in [0.1, 0.15) is 50.5 Å². The van der Waals surface area contributed by atoms with E-state index in [1.807, 2.05) is 24.3 Å². The van der Waals surface area contributed by atoms with E-state index in [9.17, 15) is 4.79 Å². The van der Waals surface area contributed by atoms with Crippen LogP contribution in [0.5, 0.6) is 0 Å². The van der Waals surface area contributed by atoms with Gasteiger partial charge in [-0.15, -0.1) is 24.0 Å². The van der Waals surface area contributed by atoms with Gasteiger partial charge < -0.3 is 20.7 Å². The second-order valence-corrected chi connectivity index (χ2v) is 7.10.